The molecular formula is C13H7N5O2. The lowest BCUT2D eigenvalue weighted by molar-refractivity contribution is 0.0696. The number of carbonyl (C=O) groups is 1. The van der Waals surface area contributed by atoms with Crippen molar-refractivity contribution in [2.45, 2.75) is 0 Å². The normalized spacial score (nSPS) is 10.3. The minimum Gasteiger partial charge on any atom is -0.478 e. The number of rotatable bonds is 2. The average Bonchev–Trinajstić information content (AvgIpc) is 2.90. The Morgan fingerprint density at radius 2 is 2.10 bits per heavy atom. The van der Waals surface area contributed by atoms with Crippen LogP contribution in [-0.2, 0) is 0 Å². The molecule has 0 aliphatic carbocycles. The number of pyridine rings is 2. The third kappa shape index (κ3) is 1.85. The molecule has 0 amide bonds. The fourth-order valence-corrected chi connectivity index (χ4v) is 1.78. The third-order valence-corrected chi connectivity index (χ3v) is 2.77. The number of carboxylic acid groups (broad SMARTS) is 1. The fraction of sp³-hybridized carbons (Fsp3) is 0. The van der Waals surface area contributed by atoms with Crippen molar-refractivity contribution in [3.05, 3.63) is 47.8 Å². The Kier molecular flexibility index (Phi) is 2.62. The Morgan fingerprint density at radius 3 is 2.75 bits per heavy atom. The Labute approximate surface area is 112 Å². The second-order valence-corrected chi connectivity index (χ2v) is 4.02. The summed E-state index contributed by atoms with van der Waals surface area (Å²) in [7, 11) is 0. The molecule has 0 bridgehead atoms. The van der Waals surface area contributed by atoms with E-state index in [1.807, 2.05) is 6.07 Å². The number of carboxylic acids is 1. The molecule has 20 heavy (non-hydrogen) atoms. The fourth-order valence-electron chi connectivity index (χ4n) is 1.78. The average molecular weight is 265 g/mol. The van der Waals surface area contributed by atoms with E-state index < -0.39 is 5.97 Å². The standard InChI is InChI=1S/C13H7N5O2/c14-5-8-1-3-10(15-6-8)12-17-16-11-4-2-9(13(19)20)7-18(11)12/h1-4,6-7H,(H,19,20). The molecule has 96 valence electrons. The summed E-state index contributed by atoms with van der Waals surface area (Å²) in [4.78, 5) is 15.1. The molecule has 0 radical (unpaired) electrons. The Morgan fingerprint density at radius 1 is 1.25 bits per heavy atom. The molecule has 0 atom stereocenters. The molecule has 3 aromatic rings. The van der Waals surface area contributed by atoms with Gasteiger partial charge in [0, 0.05) is 12.4 Å². The van der Waals surface area contributed by atoms with E-state index in [9.17, 15) is 4.79 Å². The van der Waals surface area contributed by atoms with Crippen molar-refractivity contribution in [2.75, 3.05) is 0 Å². The number of fused-ring (bicyclic) bond motifs is 1. The van der Waals surface area contributed by atoms with Crippen LogP contribution < -0.4 is 0 Å². The van der Waals surface area contributed by atoms with Gasteiger partial charge in [-0.3, -0.25) is 9.38 Å². The number of aromatic carboxylic acids is 1. The van der Waals surface area contributed by atoms with Crippen molar-refractivity contribution in [1.82, 2.24) is 19.6 Å². The van der Waals surface area contributed by atoms with Gasteiger partial charge in [0.2, 0.25) is 0 Å². The van der Waals surface area contributed by atoms with E-state index in [1.165, 1.54) is 18.5 Å². The molecule has 7 heteroatoms. The van der Waals surface area contributed by atoms with E-state index in [4.69, 9.17) is 10.4 Å². The highest BCUT2D eigenvalue weighted by atomic mass is 16.4. The topological polar surface area (TPSA) is 104 Å². The van der Waals surface area contributed by atoms with Gasteiger partial charge in [-0.2, -0.15) is 5.26 Å². The van der Waals surface area contributed by atoms with Crippen molar-refractivity contribution < 1.29 is 9.90 Å². The Hall–Kier alpha value is -3.27. The molecule has 3 heterocycles. The van der Waals surface area contributed by atoms with Crippen LogP contribution in [0.25, 0.3) is 17.2 Å². The van der Waals surface area contributed by atoms with Gasteiger partial charge in [-0.25, -0.2) is 4.79 Å². The van der Waals surface area contributed by atoms with Crippen LogP contribution in [-0.4, -0.2) is 30.7 Å². The van der Waals surface area contributed by atoms with Crippen molar-refractivity contribution in [3.8, 4) is 17.6 Å². The molecule has 0 fully saturated rings. The maximum absolute atomic E-state index is 11.0. The van der Waals surface area contributed by atoms with Crippen molar-refractivity contribution in [1.29, 1.82) is 5.26 Å². The van der Waals surface area contributed by atoms with E-state index in [1.54, 1.807) is 22.6 Å². The smallest absolute Gasteiger partial charge is 0.337 e. The molecule has 0 aromatic carbocycles. The largest absolute Gasteiger partial charge is 0.478 e. The van der Waals surface area contributed by atoms with Crippen LogP contribution in [0.3, 0.4) is 0 Å². The van der Waals surface area contributed by atoms with E-state index >= 15 is 0 Å². The molecule has 1 N–H and O–H groups in total. The number of aromatic nitrogens is 4. The number of nitriles is 1. The summed E-state index contributed by atoms with van der Waals surface area (Å²) in [6.07, 6.45) is 2.87. The highest BCUT2D eigenvalue weighted by Gasteiger charge is 2.11. The molecule has 0 unspecified atom stereocenters. The van der Waals surface area contributed by atoms with E-state index in [0.717, 1.165) is 0 Å². The van der Waals surface area contributed by atoms with E-state index in [2.05, 4.69) is 15.2 Å². The Balaban J connectivity index is 2.17. The van der Waals surface area contributed by atoms with Gasteiger partial charge in [0.25, 0.3) is 0 Å². The van der Waals surface area contributed by atoms with Gasteiger partial charge in [-0.05, 0) is 24.3 Å². The van der Waals surface area contributed by atoms with Crippen molar-refractivity contribution in [2.24, 2.45) is 0 Å². The van der Waals surface area contributed by atoms with Crippen LogP contribution in [0.15, 0.2) is 36.7 Å². The maximum Gasteiger partial charge on any atom is 0.337 e. The molecular weight excluding hydrogens is 258 g/mol. The van der Waals surface area contributed by atoms with Crippen molar-refractivity contribution >= 4 is 11.6 Å². The highest BCUT2D eigenvalue weighted by Crippen LogP contribution is 2.17. The SMILES string of the molecule is N#Cc1ccc(-c2nnc3ccc(C(=O)O)cn23)nc1. The number of hydrogen-bond donors (Lipinski definition) is 1. The van der Waals surface area contributed by atoms with Gasteiger partial charge >= 0.3 is 5.97 Å². The zero-order valence-electron chi connectivity index (χ0n) is 10.1. The second kappa shape index (κ2) is 4.44. The van der Waals surface area contributed by atoms with Crippen LogP contribution in [0.5, 0.6) is 0 Å². The minimum absolute atomic E-state index is 0.132. The predicted octanol–water partition coefficient (Wildman–Crippen LogP) is 1.36. The molecule has 0 aliphatic rings. The molecule has 0 saturated carbocycles. The first-order valence-corrected chi connectivity index (χ1v) is 5.63. The lowest BCUT2D eigenvalue weighted by Crippen LogP contribution is -2.00. The minimum atomic E-state index is -1.03. The summed E-state index contributed by atoms with van der Waals surface area (Å²) in [5, 5.41) is 25.7. The van der Waals surface area contributed by atoms with E-state index in [0.29, 0.717) is 22.7 Å². The maximum atomic E-state index is 11.0. The first-order valence-electron chi connectivity index (χ1n) is 5.63. The zero-order chi connectivity index (χ0) is 14.1. The lowest BCUT2D eigenvalue weighted by Gasteiger charge is -2.00. The summed E-state index contributed by atoms with van der Waals surface area (Å²) in [5.74, 6) is -0.605. The van der Waals surface area contributed by atoms with Crippen LogP contribution >= 0.6 is 0 Å². The molecule has 7 nitrogen and oxygen atoms in total. The monoisotopic (exact) mass is 265 g/mol. The zero-order valence-corrected chi connectivity index (χ0v) is 10.1. The number of hydrogen-bond acceptors (Lipinski definition) is 5. The molecule has 3 aromatic heterocycles. The van der Waals surface area contributed by atoms with E-state index in [-0.39, 0.29) is 5.56 Å². The first-order chi connectivity index (χ1) is 9.69. The van der Waals surface area contributed by atoms with Gasteiger partial charge in [-0.1, -0.05) is 0 Å². The van der Waals surface area contributed by atoms with Crippen molar-refractivity contribution in [3.63, 3.8) is 0 Å². The first kappa shape index (κ1) is 11.8. The molecule has 0 aliphatic heterocycles. The quantitative estimate of drug-likeness (QED) is 0.750. The van der Waals surface area contributed by atoms with Crippen LogP contribution in [0.4, 0.5) is 0 Å². The van der Waals surface area contributed by atoms with Gasteiger partial charge in [0.1, 0.15) is 11.8 Å². The summed E-state index contributed by atoms with van der Waals surface area (Å²) in [5.41, 5.74) is 1.61. The summed E-state index contributed by atoms with van der Waals surface area (Å²) < 4.78 is 1.55. The number of nitrogens with zero attached hydrogens (tertiary/aromatic N) is 5. The summed E-state index contributed by atoms with van der Waals surface area (Å²) >= 11 is 0. The van der Waals surface area contributed by atoms with Gasteiger partial charge < -0.3 is 5.11 Å². The third-order valence-electron chi connectivity index (χ3n) is 2.77. The highest BCUT2D eigenvalue weighted by molar-refractivity contribution is 5.87. The van der Waals surface area contributed by atoms with Crippen LogP contribution in [0.2, 0.25) is 0 Å². The summed E-state index contributed by atoms with van der Waals surface area (Å²) in [6.45, 7) is 0. The van der Waals surface area contributed by atoms with Gasteiger partial charge in [0.15, 0.2) is 11.5 Å². The van der Waals surface area contributed by atoms with Gasteiger partial charge in [0.05, 0.1) is 11.1 Å². The second-order valence-electron chi connectivity index (χ2n) is 4.02. The predicted molar refractivity (Wildman–Crippen MR) is 67.9 cm³/mol. The molecule has 0 saturated heterocycles. The molecule has 3 rings (SSSR count). The van der Waals surface area contributed by atoms with Crippen LogP contribution in [0, 0.1) is 11.3 Å². The summed E-state index contributed by atoms with van der Waals surface area (Å²) in [6, 6.07) is 8.27. The molecule has 0 spiro atoms. The van der Waals surface area contributed by atoms with Crippen LogP contribution in [0.1, 0.15) is 15.9 Å². The van der Waals surface area contributed by atoms with Gasteiger partial charge in [-0.15, -0.1) is 10.2 Å². The lowest BCUT2D eigenvalue weighted by atomic mass is 10.2. The Bertz CT molecular complexity index is 845.